The van der Waals surface area contributed by atoms with Gasteiger partial charge in [-0.15, -0.1) is 0 Å². The predicted molar refractivity (Wildman–Crippen MR) is 72.9 cm³/mol. The number of para-hydroxylation sites is 1. The highest BCUT2D eigenvalue weighted by atomic mass is 16.6. The zero-order chi connectivity index (χ0) is 13.8. The molecule has 2 aromatic rings. The fourth-order valence-corrected chi connectivity index (χ4v) is 1.96. The lowest BCUT2D eigenvalue weighted by atomic mass is 10.2. The molecule has 19 heavy (non-hydrogen) atoms. The van der Waals surface area contributed by atoms with Gasteiger partial charge in [-0.05, 0) is 31.2 Å². The van der Waals surface area contributed by atoms with Crippen LogP contribution in [0, 0.1) is 10.1 Å². The summed E-state index contributed by atoms with van der Waals surface area (Å²) >= 11 is 0. The lowest BCUT2D eigenvalue weighted by Gasteiger charge is -2.22. The van der Waals surface area contributed by atoms with Crippen molar-refractivity contribution in [2.75, 3.05) is 17.2 Å². The number of hydrogen-bond donors (Lipinski definition) is 1. The zero-order valence-corrected chi connectivity index (χ0v) is 10.6. The highest BCUT2D eigenvalue weighted by Gasteiger charge is 2.22. The molecule has 0 saturated carbocycles. The van der Waals surface area contributed by atoms with Gasteiger partial charge in [-0.1, -0.05) is 6.07 Å². The third-order valence-electron chi connectivity index (χ3n) is 2.88. The standard InChI is InChI=1S/C13H15N3O3/c1-2-15(9-10-5-4-8-19-10)12-7-3-6-11(14)13(12)16(17)18/h3-8H,2,9,14H2,1H3. The van der Waals surface area contributed by atoms with Crippen LogP contribution in [-0.4, -0.2) is 11.5 Å². The van der Waals surface area contributed by atoms with E-state index in [0.717, 1.165) is 5.76 Å². The minimum atomic E-state index is -0.449. The van der Waals surface area contributed by atoms with E-state index in [-0.39, 0.29) is 11.4 Å². The molecule has 6 nitrogen and oxygen atoms in total. The van der Waals surface area contributed by atoms with Crippen molar-refractivity contribution in [2.24, 2.45) is 0 Å². The summed E-state index contributed by atoms with van der Waals surface area (Å²) in [6, 6.07) is 8.56. The molecule has 0 unspecified atom stereocenters. The van der Waals surface area contributed by atoms with E-state index in [1.54, 1.807) is 24.5 Å². The predicted octanol–water partition coefficient (Wildman–Crippen LogP) is 2.80. The molecular weight excluding hydrogens is 246 g/mol. The van der Waals surface area contributed by atoms with Gasteiger partial charge in [-0.2, -0.15) is 0 Å². The van der Waals surface area contributed by atoms with Crippen LogP contribution in [0.4, 0.5) is 17.1 Å². The van der Waals surface area contributed by atoms with E-state index < -0.39 is 4.92 Å². The Morgan fingerprint density at radius 1 is 1.37 bits per heavy atom. The van der Waals surface area contributed by atoms with Gasteiger partial charge in [0.2, 0.25) is 0 Å². The Morgan fingerprint density at radius 3 is 2.74 bits per heavy atom. The van der Waals surface area contributed by atoms with Crippen molar-refractivity contribution in [1.29, 1.82) is 0 Å². The van der Waals surface area contributed by atoms with Gasteiger partial charge in [0, 0.05) is 6.54 Å². The summed E-state index contributed by atoms with van der Waals surface area (Å²) < 4.78 is 5.28. The zero-order valence-electron chi connectivity index (χ0n) is 10.6. The molecule has 0 spiro atoms. The first-order valence-electron chi connectivity index (χ1n) is 5.93. The lowest BCUT2D eigenvalue weighted by molar-refractivity contribution is -0.383. The summed E-state index contributed by atoms with van der Waals surface area (Å²) in [4.78, 5) is 12.5. The molecule has 2 rings (SSSR count). The highest BCUT2D eigenvalue weighted by molar-refractivity contribution is 5.75. The van der Waals surface area contributed by atoms with Crippen molar-refractivity contribution in [3.8, 4) is 0 Å². The van der Waals surface area contributed by atoms with Gasteiger partial charge in [0.1, 0.15) is 17.1 Å². The minimum absolute atomic E-state index is 0.0593. The van der Waals surface area contributed by atoms with E-state index in [9.17, 15) is 10.1 Å². The molecule has 0 fully saturated rings. The second-order valence-corrected chi connectivity index (χ2v) is 4.07. The largest absolute Gasteiger partial charge is 0.467 e. The van der Waals surface area contributed by atoms with Crippen LogP contribution in [0.15, 0.2) is 41.0 Å². The first kappa shape index (κ1) is 12.9. The summed E-state index contributed by atoms with van der Waals surface area (Å²) in [6.07, 6.45) is 1.58. The molecule has 0 bridgehead atoms. The number of furan rings is 1. The molecule has 1 aromatic carbocycles. The van der Waals surface area contributed by atoms with E-state index in [4.69, 9.17) is 10.2 Å². The molecule has 100 valence electrons. The van der Waals surface area contributed by atoms with Crippen molar-refractivity contribution in [3.63, 3.8) is 0 Å². The van der Waals surface area contributed by atoms with Crippen molar-refractivity contribution in [3.05, 3.63) is 52.5 Å². The number of nitrogens with two attached hydrogens (primary N) is 1. The monoisotopic (exact) mass is 261 g/mol. The summed E-state index contributed by atoms with van der Waals surface area (Å²) in [6.45, 7) is 3.01. The quantitative estimate of drug-likeness (QED) is 0.508. The Hall–Kier alpha value is -2.50. The molecule has 0 atom stereocenters. The highest BCUT2D eigenvalue weighted by Crippen LogP contribution is 2.34. The summed E-state index contributed by atoms with van der Waals surface area (Å²) in [7, 11) is 0. The van der Waals surface area contributed by atoms with Crippen LogP contribution in [0.3, 0.4) is 0 Å². The van der Waals surface area contributed by atoms with Crippen LogP contribution in [0.5, 0.6) is 0 Å². The maximum absolute atomic E-state index is 11.1. The van der Waals surface area contributed by atoms with Crippen molar-refractivity contribution < 1.29 is 9.34 Å². The van der Waals surface area contributed by atoms with Crippen LogP contribution in [0.25, 0.3) is 0 Å². The fraction of sp³-hybridized carbons (Fsp3) is 0.231. The second kappa shape index (κ2) is 5.43. The molecule has 2 N–H and O–H groups in total. The fourth-order valence-electron chi connectivity index (χ4n) is 1.96. The van der Waals surface area contributed by atoms with E-state index in [2.05, 4.69) is 0 Å². The molecule has 0 aliphatic carbocycles. The Morgan fingerprint density at radius 2 is 2.16 bits per heavy atom. The van der Waals surface area contributed by atoms with Crippen LogP contribution in [-0.2, 0) is 6.54 Å². The van der Waals surface area contributed by atoms with Crippen molar-refractivity contribution in [2.45, 2.75) is 13.5 Å². The number of nitro benzene ring substituents is 1. The van der Waals surface area contributed by atoms with Gasteiger partial charge < -0.3 is 15.1 Å². The Balaban J connectivity index is 2.38. The molecule has 0 aliphatic rings. The smallest absolute Gasteiger partial charge is 0.315 e. The first-order chi connectivity index (χ1) is 9.13. The molecular formula is C13H15N3O3. The topological polar surface area (TPSA) is 85.5 Å². The van der Waals surface area contributed by atoms with E-state index in [1.165, 1.54) is 6.07 Å². The van der Waals surface area contributed by atoms with Gasteiger partial charge in [-0.25, -0.2) is 0 Å². The molecule has 0 radical (unpaired) electrons. The lowest BCUT2D eigenvalue weighted by Crippen LogP contribution is -2.23. The normalized spacial score (nSPS) is 10.4. The van der Waals surface area contributed by atoms with E-state index >= 15 is 0 Å². The second-order valence-electron chi connectivity index (χ2n) is 4.07. The van der Waals surface area contributed by atoms with E-state index in [0.29, 0.717) is 18.8 Å². The number of nitrogens with zero attached hydrogens (tertiary/aromatic N) is 2. The third-order valence-corrected chi connectivity index (χ3v) is 2.88. The number of rotatable bonds is 5. The maximum Gasteiger partial charge on any atom is 0.315 e. The van der Waals surface area contributed by atoms with Crippen LogP contribution in [0.2, 0.25) is 0 Å². The molecule has 6 heteroatoms. The summed E-state index contributed by atoms with van der Waals surface area (Å²) in [5, 5.41) is 11.1. The average Bonchev–Trinajstić information content (AvgIpc) is 2.88. The van der Waals surface area contributed by atoms with Gasteiger partial charge in [0.15, 0.2) is 0 Å². The summed E-state index contributed by atoms with van der Waals surface area (Å²) in [5.74, 6) is 0.749. The van der Waals surface area contributed by atoms with Crippen LogP contribution in [0.1, 0.15) is 12.7 Å². The average molecular weight is 261 g/mol. The minimum Gasteiger partial charge on any atom is -0.467 e. The number of hydrogen-bond acceptors (Lipinski definition) is 5. The molecule has 1 heterocycles. The number of benzene rings is 1. The van der Waals surface area contributed by atoms with Crippen molar-refractivity contribution in [1.82, 2.24) is 0 Å². The van der Waals surface area contributed by atoms with Crippen LogP contribution >= 0.6 is 0 Å². The number of nitro groups is 1. The third kappa shape index (κ3) is 2.67. The van der Waals surface area contributed by atoms with Gasteiger partial charge in [0.05, 0.1) is 17.7 Å². The SMILES string of the molecule is CCN(Cc1ccco1)c1cccc(N)c1[N+](=O)[O-]. The van der Waals surface area contributed by atoms with Gasteiger partial charge in [-0.3, -0.25) is 10.1 Å². The number of anilines is 2. The van der Waals surface area contributed by atoms with Crippen molar-refractivity contribution >= 4 is 17.1 Å². The Bertz CT molecular complexity index is 567. The Kier molecular flexibility index (Phi) is 3.70. The van der Waals surface area contributed by atoms with E-state index in [1.807, 2.05) is 17.9 Å². The molecule has 0 amide bonds. The summed E-state index contributed by atoms with van der Waals surface area (Å²) in [5.41, 5.74) is 6.31. The molecule has 0 saturated heterocycles. The van der Waals surface area contributed by atoms with Gasteiger partial charge in [0.25, 0.3) is 0 Å². The van der Waals surface area contributed by atoms with Gasteiger partial charge >= 0.3 is 5.69 Å². The molecule has 1 aromatic heterocycles. The first-order valence-corrected chi connectivity index (χ1v) is 5.93. The maximum atomic E-state index is 11.1. The number of nitrogen functional groups attached to an aromatic ring is 1. The Labute approximate surface area is 110 Å². The molecule has 0 aliphatic heterocycles. The van der Waals surface area contributed by atoms with Crippen LogP contribution < -0.4 is 10.6 Å².